The molecule has 31 heavy (non-hydrogen) atoms. The number of alkyl halides is 1. The van der Waals surface area contributed by atoms with Gasteiger partial charge in [0.25, 0.3) is 0 Å². The summed E-state index contributed by atoms with van der Waals surface area (Å²) in [5.41, 5.74) is -1.30. The van der Waals surface area contributed by atoms with Crippen LogP contribution in [0, 0.1) is 5.82 Å². The first-order valence-electron chi connectivity index (χ1n) is 10.2. The van der Waals surface area contributed by atoms with Crippen LogP contribution in [0.1, 0.15) is 38.3 Å². The number of carbonyl (C=O) groups is 2. The van der Waals surface area contributed by atoms with Gasteiger partial charge in [0, 0.05) is 12.8 Å². The molecule has 0 spiro atoms. The second-order valence-corrected chi connectivity index (χ2v) is 8.88. The van der Waals surface area contributed by atoms with Crippen molar-refractivity contribution in [2.45, 2.75) is 57.5 Å². The molecule has 0 radical (unpaired) electrons. The second kappa shape index (κ2) is 9.04. The topological polar surface area (TPSA) is 55.8 Å². The number of nitrogens with zero attached hydrogens (tertiary/aromatic N) is 1. The largest absolute Gasteiger partial charge is 0.459 e. The summed E-state index contributed by atoms with van der Waals surface area (Å²) >= 11 is 0. The smallest absolute Gasteiger partial charge is 0.411 e. The van der Waals surface area contributed by atoms with Crippen LogP contribution in [0.4, 0.5) is 13.6 Å². The zero-order valence-electron chi connectivity index (χ0n) is 17.9. The molecule has 0 unspecified atom stereocenters. The standard InChI is InChI=1S/C24H27F2NO4/c1-23(2,3)31-22(29)27-16-24(26,13-17-9-11-19(25)12-10-17)14-20(27)21(28)30-15-18-7-5-4-6-8-18/h4-12,20H,13-16H2,1-3H3/t20-,24-/m1/s1. The minimum atomic E-state index is -1.87. The van der Waals surface area contributed by atoms with Gasteiger partial charge in [0.2, 0.25) is 0 Å². The number of halogens is 2. The van der Waals surface area contributed by atoms with E-state index in [4.69, 9.17) is 9.47 Å². The van der Waals surface area contributed by atoms with Crippen LogP contribution in [0.3, 0.4) is 0 Å². The molecule has 1 fully saturated rings. The third-order valence-corrected chi connectivity index (χ3v) is 4.95. The molecule has 7 heteroatoms. The summed E-state index contributed by atoms with van der Waals surface area (Å²) in [5.74, 6) is -1.10. The summed E-state index contributed by atoms with van der Waals surface area (Å²) < 4.78 is 39.7. The molecule has 0 N–H and O–H groups in total. The molecule has 2 atom stereocenters. The minimum absolute atomic E-state index is 0.0234. The van der Waals surface area contributed by atoms with Crippen LogP contribution in [0.2, 0.25) is 0 Å². The number of rotatable bonds is 5. The van der Waals surface area contributed by atoms with Crippen molar-refractivity contribution >= 4 is 12.1 Å². The van der Waals surface area contributed by atoms with Gasteiger partial charge in [0.15, 0.2) is 0 Å². The Morgan fingerprint density at radius 2 is 1.71 bits per heavy atom. The van der Waals surface area contributed by atoms with E-state index < -0.39 is 35.2 Å². The summed E-state index contributed by atoms with van der Waals surface area (Å²) in [6, 6.07) is 13.5. The minimum Gasteiger partial charge on any atom is -0.459 e. The molecule has 1 amide bonds. The maximum atomic E-state index is 15.8. The fourth-order valence-corrected chi connectivity index (χ4v) is 3.58. The number of hydrogen-bond donors (Lipinski definition) is 0. The van der Waals surface area contributed by atoms with E-state index in [0.29, 0.717) is 5.56 Å². The van der Waals surface area contributed by atoms with Gasteiger partial charge in [-0.15, -0.1) is 0 Å². The Labute approximate surface area is 181 Å². The molecule has 1 saturated heterocycles. The lowest BCUT2D eigenvalue weighted by molar-refractivity contribution is -0.150. The molecule has 5 nitrogen and oxygen atoms in total. The second-order valence-electron chi connectivity index (χ2n) is 8.88. The van der Waals surface area contributed by atoms with Gasteiger partial charge in [0.05, 0.1) is 6.54 Å². The maximum absolute atomic E-state index is 15.8. The first kappa shape index (κ1) is 22.7. The van der Waals surface area contributed by atoms with Gasteiger partial charge in [0.1, 0.15) is 29.7 Å². The summed E-state index contributed by atoms with van der Waals surface area (Å²) in [4.78, 5) is 26.6. The highest BCUT2D eigenvalue weighted by molar-refractivity contribution is 5.82. The molecule has 1 aliphatic heterocycles. The Balaban J connectivity index is 1.76. The van der Waals surface area contributed by atoms with E-state index in [9.17, 15) is 14.0 Å². The number of benzene rings is 2. The highest BCUT2D eigenvalue weighted by Gasteiger charge is 2.51. The van der Waals surface area contributed by atoms with Crippen LogP contribution in [-0.4, -0.2) is 40.8 Å². The maximum Gasteiger partial charge on any atom is 0.411 e. The average molecular weight is 431 g/mol. The van der Waals surface area contributed by atoms with E-state index in [0.717, 1.165) is 10.5 Å². The molecule has 166 valence electrons. The van der Waals surface area contributed by atoms with Gasteiger partial charge in [-0.3, -0.25) is 4.90 Å². The molecule has 0 saturated carbocycles. The van der Waals surface area contributed by atoms with E-state index in [-0.39, 0.29) is 26.0 Å². The van der Waals surface area contributed by atoms with Crippen LogP contribution in [0.25, 0.3) is 0 Å². The van der Waals surface area contributed by atoms with E-state index in [1.807, 2.05) is 30.3 Å². The zero-order valence-corrected chi connectivity index (χ0v) is 17.9. The highest BCUT2D eigenvalue weighted by Crippen LogP contribution is 2.35. The normalized spacial score (nSPS) is 21.1. The predicted molar refractivity (Wildman–Crippen MR) is 112 cm³/mol. The van der Waals surface area contributed by atoms with Crippen LogP contribution >= 0.6 is 0 Å². The Bertz CT molecular complexity index is 911. The lowest BCUT2D eigenvalue weighted by Crippen LogP contribution is -2.44. The molecular weight excluding hydrogens is 404 g/mol. The molecule has 3 rings (SSSR count). The number of esters is 1. The third-order valence-electron chi connectivity index (χ3n) is 4.95. The van der Waals surface area contributed by atoms with Crippen LogP contribution in [0.5, 0.6) is 0 Å². The van der Waals surface area contributed by atoms with Crippen molar-refractivity contribution in [3.05, 3.63) is 71.5 Å². The van der Waals surface area contributed by atoms with Gasteiger partial charge in [-0.1, -0.05) is 42.5 Å². The van der Waals surface area contributed by atoms with Gasteiger partial charge in [-0.2, -0.15) is 0 Å². The fraction of sp³-hybridized carbons (Fsp3) is 0.417. The monoisotopic (exact) mass is 431 g/mol. The molecule has 0 aromatic heterocycles. The first-order valence-corrected chi connectivity index (χ1v) is 10.2. The molecule has 1 heterocycles. The number of carbonyl (C=O) groups excluding carboxylic acids is 2. The van der Waals surface area contributed by atoms with E-state index in [2.05, 4.69) is 0 Å². The molecule has 0 bridgehead atoms. The van der Waals surface area contributed by atoms with Gasteiger partial charge < -0.3 is 9.47 Å². The van der Waals surface area contributed by atoms with Gasteiger partial charge in [-0.05, 0) is 44.0 Å². The van der Waals surface area contributed by atoms with Crippen molar-refractivity contribution in [1.82, 2.24) is 4.90 Å². The van der Waals surface area contributed by atoms with Crippen LogP contribution in [-0.2, 0) is 27.3 Å². The Morgan fingerprint density at radius 1 is 1.06 bits per heavy atom. The Hall–Kier alpha value is -2.96. The van der Waals surface area contributed by atoms with Gasteiger partial charge in [-0.25, -0.2) is 18.4 Å². The number of amides is 1. The number of ether oxygens (including phenoxy) is 2. The number of likely N-dealkylation sites (tertiary alicyclic amines) is 1. The molecule has 0 aliphatic carbocycles. The predicted octanol–water partition coefficient (Wildman–Crippen LogP) is 4.83. The van der Waals surface area contributed by atoms with Crippen molar-refractivity contribution in [3.63, 3.8) is 0 Å². The molecule has 2 aromatic carbocycles. The lowest BCUT2D eigenvalue weighted by atomic mass is 9.93. The van der Waals surface area contributed by atoms with E-state index in [1.165, 1.54) is 24.3 Å². The average Bonchev–Trinajstić information content (AvgIpc) is 3.05. The Morgan fingerprint density at radius 3 is 2.32 bits per heavy atom. The fourth-order valence-electron chi connectivity index (χ4n) is 3.58. The summed E-state index contributed by atoms with van der Waals surface area (Å²) in [6.07, 6.45) is -1.06. The van der Waals surface area contributed by atoms with Crippen molar-refractivity contribution in [3.8, 4) is 0 Å². The van der Waals surface area contributed by atoms with Crippen molar-refractivity contribution in [1.29, 1.82) is 0 Å². The molecule has 2 aromatic rings. The lowest BCUT2D eigenvalue weighted by Gasteiger charge is -2.27. The Kier molecular flexibility index (Phi) is 6.62. The zero-order chi connectivity index (χ0) is 22.6. The van der Waals surface area contributed by atoms with Crippen molar-refractivity contribution in [2.75, 3.05) is 6.54 Å². The van der Waals surface area contributed by atoms with Crippen molar-refractivity contribution < 1.29 is 27.8 Å². The first-order chi connectivity index (χ1) is 14.5. The van der Waals surface area contributed by atoms with Gasteiger partial charge >= 0.3 is 12.1 Å². The SMILES string of the molecule is CC(C)(C)OC(=O)N1C[C@@](F)(Cc2ccc(F)cc2)C[C@@H]1C(=O)OCc1ccccc1. The third kappa shape index (κ3) is 6.26. The quantitative estimate of drug-likeness (QED) is 0.637. The summed E-state index contributed by atoms with van der Waals surface area (Å²) in [6.45, 7) is 4.81. The summed E-state index contributed by atoms with van der Waals surface area (Å²) in [5, 5.41) is 0. The van der Waals surface area contributed by atoms with Crippen molar-refractivity contribution in [2.24, 2.45) is 0 Å². The summed E-state index contributed by atoms with van der Waals surface area (Å²) in [7, 11) is 0. The van der Waals surface area contributed by atoms with Crippen LogP contribution in [0.15, 0.2) is 54.6 Å². The molecular formula is C24H27F2NO4. The highest BCUT2D eigenvalue weighted by atomic mass is 19.1. The van der Waals surface area contributed by atoms with Crippen LogP contribution < -0.4 is 0 Å². The number of hydrogen-bond acceptors (Lipinski definition) is 4. The molecule has 1 aliphatic rings. The van der Waals surface area contributed by atoms with E-state index >= 15 is 4.39 Å². The van der Waals surface area contributed by atoms with E-state index in [1.54, 1.807) is 20.8 Å².